The first-order chi connectivity index (χ1) is 15.0. The van der Waals surface area contributed by atoms with E-state index in [-0.39, 0.29) is 25.0 Å². The SMILES string of the molecule is COCCOC(=O)C1=C(C)N=C2SC=C(CC(=O)NC3CC3)N2[C@@H]1c1ccccc1Cl. The molecule has 1 aromatic rings. The van der Waals surface area contributed by atoms with E-state index in [1.54, 1.807) is 20.1 Å². The minimum Gasteiger partial charge on any atom is -0.460 e. The molecule has 0 unspecified atom stereocenters. The topological polar surface area (TPSA) is 80.2 Å². The maximum atomic E-state index is 13.1. The second-order valence-corrected chi connectivity index (χ2v) is 8.81. The molecule has 0 aromatic heterocycles. The van der Waals surface area contributed by atoms with Crippen LogP contribution in [0.4, 0.5) is 0 Å². The van der Waals surface area contributed by atoms with Crippen LogP contribution in [0.5, 0.6) is 0 Å². The van der Waals surface area contributed by atoms with Gasteiger partial charge in [0.15, 0.2) is 5.17 Å². The molecule has 1 aliphatic carbocycles. The van der Waals surface area contributed by atoms with E-state index >= 15 is 0 Å². The molecule has 2 heterocycles. The Morgan fingerprint density at radius 2 is 2.06 bits per heavy atom. The van der Waals surface area contributed by atoms with E-state index in [9.17, 15) is 9.59 Å². The fraction of sp³-hybridized carbons (Fsp3) is 0.409. The molecular weight excluding hydrogens is 438 g/mol. The second kappa shape index (κ2) is 9.46. The lowest BCUT2D eigenvalue weighted by Crippen LogP contribution is -2.38. The van der Waals surface area contributed by atoms with Crippen LogP contribution in [0, 0.1) is 0 Å². The first kappa shape index (κ1) is 21.9. The molecule has 1 amide bonds. The molecule has 1 atom stereocenters. The fourth-order valence-corrected chi connectivity index (χ4v) is 4.79. The highest BCUT2D eigenvalue weighted by atomic mass is 35.5. The van der Waals surface area contributed by atoms with Crippen LogP contribution in [0.3, 0.4) is 0 Å². The number of amides is 1. The molecule has 0 radical (unpaired) electrons. The molecule has 31 heavy (non-hydrogen) atoms. The van der Waals surface area contributed by atoms with Crippen molar-refractivity contribution in [2.45, 2.75) is 38.3 Å². The molecule has 164 valence electrons. The van der Waals surface area contributed by atoms with Crippen LogP contribution in [0.25, 0.3) is 0 Å². The number of rotatable bonds is 8. The van der Waals surface area contributed by atoms with Crippen LogP contribution in [-0.4, -0.2) is 48.3 Å². The Kier molecular flexibility index (Phi) is 6.69. The Bertz CT molecular complexity index is 987. The highest BCUT2D eigenvalue weighted by Gasteiger charge is 2.42. The number of hydrogen-bond donors (Lipinski definition) is 1. The number of benzene rings is 1. The molecule has 4 rings (SSSR count). The zero-order chi connectivity index (χ0) is 22.0. The maximum absolute atomic E-state index is 13.1. The number of fused-ring (bicyclic) bond motifs is 1. The third-order valence-electron chi connectivity index (χ3n) is 5.23. The van der Waals surface area contributed by atoms with E-state index < -0.39 is 12.0 Å². The van der Waals surface area contributed by atoms with Gasteiger partial charge in [-0.05, 0) is 36.8 Å². The summed E-state index contributed by atoms with van der Waals surface area (Å²) in [5.74, 6) is -0.509. The van der Waals surface area contributed by atoms with Gasteiger partial charge in [0.25, 0.3) is 0 Å². The van der Waals surface area contributed by atoms with Gasteiger partial charge < -0.3 is 19.7 Å². The van der Waals surface area contributed by atoms with Crippen LogP contribution >= 0.6 is 23.4 Å². The van der Waals surface area contributed by atoms with Crippen LogP contribution in [0.2, 0.25) is 5.02 Å². The number of amidine groups is 1. The van der Waals surface area contributed by atoms with E-state index in [1.165, 1.54) is 11.8 Å². The number of nitrogens with zero attached hydrogens (tertiary/aromatic N) is 2. The highest BCUT2D eigenvalue weighted by Crippen LogP contribution is 2.46. The number of carbonyl (C=O) groups is 2. The quantitative estimate of drug-likeness (QED) is 0.469. The Labute approximate surface area is 190 Å². The highest BCUT2D eigenvalue weighted by molar-refractivity contribution is 8.16. The summed E-state index contributed by atoms with van der Waals surface area (Å²) in [5, 5.41) is 6.18. The van der Waals surface area contributed by atoms with E-state index in [0.717, 1.165) is 24.1 Å². The molecule has 9 heteroatoms. The summed E-state index contributed by atoms with van der Waals surface area (Å²) in [5.41, 5.74) is 2.51. The number of ether oxygens (including phenoxy) is 2. The molecule has 1 saturated carbocycles. The predicted octanol–water partition coefficient (Wildman–Crippen LogP) is 3.77. The van der Waals surface area contributed by atoms with Crippen LogP contribution in [-0.2, 0) is 19.1 Å². The molecule has 0 bridgehead atoms. The molecule has 7 nitrogen and oxygen atoms in total. The summed E-state index contributed by atoms with van der Waals surface area (Å²) in [6.07, 6.45) is 2.25. The van der Waals surface area contributed by atoms with Crippen molar-refractivity contribution >= 4 is 40.4 Å². The predicted molar refractivity (Wildman–Crippen MR) is 120 cm³/mol. The summed E-state index contributed by atoms with van der Waals surface area (Å²) in [4.78, 5) is 32.2. The summed E-state index contributed by atoms with van der Waals surface area (Å²) >= 11 is 7.99. The van der Waals surface area contributed by atoms with E-state index in [1.807, 2.05) is 28.5 Å². The van der Waals surface area contributed by atoms with Gasteiger partial charge in [0.05, 0.1) is 30.3 Å². The number of nitrogens with one attached hydrogen (secondary N) is 1. The van der Waals surface area contributed by atoms with E-state index in [4.69, 9.17) is 21.1 Å². The van der Waals surface area contributed by atoms with Crippen molar-refractivity contribution in [3.63, 3.8) is 0 Å². The molecule has 1 fully saturated rings. The summed E-state index contributed by atoms with van der Waals surface area (Å²) < 4.78 is 10.4. The summed E-state index contributed by atoms with van der Waals surface area (Å²) in [6.45, 7) is 2.23. The van der Waals surface area contributed by atoms with Gasteiger partial charge in [-0.25, -0.2) is 9.79 Å². The van der Waals surface area contributed by atoms with Gasteiger partial charge in [0.1, 0.15) is 6.61 Å². The van der Waals surface area contributed by atoms with Crippen molar-refractivity contribution in [3.05, 3.63) is 57.2 Å². The smallest absolute Gasteiger partial charge is 0.338 e. The van der Waals surface area contributed by atoms with E-state index in [2.05, 4.69) is 10.3 Å². The molecule has 1 aromatic carbocycles. The maximum Gasteiger partial charge on any atom is 0.338 e. The number of thioether (sulfide) groups is 1. The van der Waals surface area contributed by atoms with Crippen molar-refractivity contribution in [1.82, 2.24) is 10.2 Å². The third-order valence-corrected chi connectivity index (χ3v) is 6.46. The average molecular weight is 462 g/mol. The molecule has 0 spiro atoms. The number of carbonyl (C=O) groups excluding carboxylic acids is 2. The Hall–Kier alpha value is -2.29. The number of hydrogen-bond acceptors (Lipinski definition) is 7. The zero-order valence-electron chi connectivity index (χ0n) is 17.4. The van der Waals surface area contributed by atoms with Crippen LogP contribution in [0.1, 0.15) is 37.8 Å². The second-order valence-electron chi connectivity index (χ2n) is 7.56. The molecule has 0 saturated heterocycles. The molecule has 1 N–H and O–H groups in total. The number of esters is 1. The van der Waals surface area contributed by atoms with Crippen LogP contribution < -0.4 is 5.32 Å². The van der Waals surface area contributed by atoms with Gasteiger partial charge in [-0.1, -0.05) is 41.6 Å². The minimum absolute atomic E-state index is 0.0380. The zero-order valence-corrected chi connectivity index (χ0v) is 19.0. The van der Waals surface area contributed by atoms with Gasteiger partial charge in [-0.15, -0.1) is 0 Å². The van der Waals surface area contributed by atoms with Crippen molar-refractivity contribution in [2.24, 2.45) is 4.99 Å². The number of methoxy groups -OCH3 is 1. The van der Waals surface area contributed by atoms with Crippen molar-refractivity contribution in [3.8, 4) is 0 Å². The number of aliphatic imine (C=N–C) groups is 1. The minimum atomic E-state index is -0.536. The van der Waals surface area contributed by atoms with Gasteiger partial charge >= 0.3 is 5.97 Å². The standard InChI is InChI=1S/C22H24ClN3O4S/c1-13-19(21(28)30-10-9-29-2)20(16-5-3-4-6-17(16)23)26-15(12-31-22(26)24-13)11-18(27)25-14-7-8-14/h3-6,12,14,20H,7-11H2,1-2H3,(H,25,27)/t20-/m1/s1. The molecular formula is C22H24ClN3O4S. The molecule has 3 aliphatic rings. The Balaban J connectivity index is 1.68. The lowest BCUT2D eigenvalue weighted by Gasteiger charge is -2.36. The van der Waals surface area contributed by atoms with Crippen molar-refractivity contribution in [1.29, 1.82) is 0 Å². The van der Waals surface area contributed by atoms with Gasteiger partial charge in [-0.2, -0.15) is 0 Å². The van der Waals surface area contributed by atoms with Gasteiger partial charge in [0, 0.05) is 23.9 Å². The Morgan fingerprint density at radius 1 is 1.29 bits per heavy atom. The van der Waals surface area contributed by atoms with Crippen molar-refractivity contribution < 1.29 is 19.1 Å². The first-order valence-corrected chi connectivity index (χ1v) is 11.4. The normalized spacial score (nSPS) is 20.2. The monoisotopic (exact) mass is 461 g/mol. The fourth-order valence-electron chi connectivity index (χ4n) is 3.59. The average Bonchev–Trinajstić information content (AvgIpc) is 3.46. The lowest BCUT2D eigenvalue weighted by atomic mass is 9.93. The van der Waals surface area contributed by atoms with Gasteiger partial charge in [0.2, 0.25) is 5.91 Å². The summed E-state index contributed by atoms with van der Waals surface area (Å²) in [7, 11) is 1.55. The number of allylic oxidation sites excluding steroid dienone is 1. The van der Waals surface area contributed by atoms with Crippen LogP contribution in [0.15, 0.2) is 51.6 Å². The molecule has 2 aliphatic heterocycles. The largest absolute Gasteiger partial charge is 0.460 e. The van der Waals surface area contributed by atoms with Crippen molar-refractivity contribution in [2.75, 3.05) is 20.3 Å². The lowest BCUT2D eigenvalue weighted by molar-refractivity contribution is -0.141. The third kappa shape index (κ3) is 4.81. The number of halogens is 1. The summed E-state index contributed by atoms with van der Waals surface area (Å²) in [6, 6.07) is 7.14. The van der Waals surface area contributed by atoms with E-state index in [0.29, 0.717) is 28.1 Å². The van der Waals surface area contributed by atoms with Gasteiger partial charge in [-0.3, -0.25) is 4.79 Å². The Morgan fingerprint density at radius 3 is 2.77 bits per heavy atom. The first-order valence-electron chi connectivity index (χ1n) is 10.1.